The molecule has 1 aromatic carbocycles. The van der Waals surface area contributed by atoms with Crippen LogP contribution >= 0.6 is 11.6 Å². The van der Waals surface area contributed by atoms with E-state index in [1.54, 1.807) is 12.1 Å². The second kappa shape index (κ2) is 6.89. The highest BCUT2D eigenvalue weighted by molar-refractivity contribution is 7.90. The number of ether oxygens (including phenoxy) is 1. The van der Waals surface area contributed by atoms with Crippen LogP contribution in [0, 0.1) is 0 Å². The maximum Gasteiger partial charge on any atom is 0.156 e. The Morgan fingerprint density at radius 2 is 1.81 bits per heavy atom. The van der Waals surface area contributed by atoms with E-state index in [0.29, 0.717) is 12.5 Å². The molecule has 0 bridgehead atoms. The van der Waals surface area contributed by atoms with Gasteiger partial charge in [-0.15, -0.1) is 11.6 Å². The summed E-state index contributed by atoms with van der Waals surface area (Å²) in [4.78, 5) is 0. The minimum Gasteiger partial charge on any atom is -0.379 e. The molecule has 0 radical (unpaired) electrons. The van der Waals surface area contributed by atoms with E-state index in [4.69, 9.17) is 16.3 Å². The number of hydrogen-bond donors (Lipinski definition) is 0. The average molecular weight is 263 g/mol. The minimum absolute atomic E-state index is 0.0405. The predicted octanol–water partition coefficient (Wildman–Crippen LogP) is 1.86. The van der Waals surface area contributed by atoms with Gasteiger partial charge in [0.15, 0.2) is 9.84 Å². The van der Waals surface area contributed by atoms with Crippen molar-refractivity contribution in [2.75, 3.05) is 24.8 Å². The van der Waals surface area contributed by atoms with Gasteiger partial charge < -0.3 is 4.74 Å². The van der Waals surface area contributed by atoms with E-state index in [1.165, 1.54) is 0 Å². The standard InChI is InChI=1S/C11H15ClO3S/c12-6-7-15-8-9-16(13,14)10-11-4-2-1-3-5-11/h1-5H,6-10H2. The highest BCUT2D eigenvalue weighted by atomic mass is 35.5. The molecular weight excluding hydrogens is 248 g/mol. The lowest BCUT2D eigenvalue weighted by Crippen LogP contribution is -2.15. The smallest absolute Gasteiger partial charge is 0.156 e. The molecule has 0 aliphatic rings. The van der Waals surface area contributed by atoms with Crippen LogP contribution in [0.3, 0.4) is 0 Å². The number of hydrogen-bond acceptors (Lipinski definition) is 3. The van der Waals surface area contributed by atoms with Crippen molar-refractivity contribution in [2.45, 2.75) is 5.75 Å². The van der Waals surface area contributed by atoms with Gasteiger partial charge in [-0.25, -0.2) is 8.42 Å². The third kappa shape index (κ3) is 5.49. The zero-order valence-corrected chi connectivity index (χ0v) is 10.5. The first-order valence-corrected chi connectivity index (χ1v) is 7.38. The van der Waals surface area contributed by atoms with Crippen molar-refractivity contribution in [3.05, 3.63) is 35.9 Å². The third-order valence-corrected chi connectivity index (χ3v) is 3.71. The van der Waals surface area contributed by atoms with Crippen LogP contribution in [0.5, 0.6) is 0 Å². The van der Waals surface area contributed by atoms with Crippen molar-refractivity contribution in [1.29, 1.82) is 0 Å². The molecule has 16 heavy (non-hydrogen) atoms. The van der Waals surface area contributed by atoms with Crippen molar-refractivity contribution in [1.82, 2.24) is 0 Å². The quantitative estimate of drug-likeness (QED) is 0.556. The van der Waals surface area contributed by atoms with Crippen molar-refractivity contribution < 1.29 is 13.2 Å². The Bertz CT molecular complexity index is 389. The molecule has 0 heterocycles. The molecule has 0 spiro atoms. The summed E-state index contributed by atoms with van der Waals surface area (Å²) < 4.78 is 28.3. The summed E-state index contributed by atoms with van der Waals surface area (Å²) in [6.07, 6.45) is 0. The van der Waals surface area contributed by atoms with Gasteiger partial charge >= 0.3 is 0 Å². The molecule has 1 aromatic rings. The normalized spacial score (nSPS) is 11.6. The number of alkyl halides is 1. The van der Waals surface area contributed by atoms with Gasteiger partial charge in [0.1, 0.15) is 0 Å². The molecule has 0 amide bonds. The first kappa shape index (κ1) is 13.5. The van der Waals surface area contributed by atoms with Gasteiger partial charge in [-0.1, -0.05) is 30.3 Å². The SMILES string of the molecule is O=S(=O)(CCOCCCl)Cc1ccccc1. The van der Waals surface area contributed by atoms with Crippen molar-refractivity contribution >= 4 is 21.4 Å². The maximum absolute atomic E-state index is 11.7. The lowest BCUT2D eigenvalue weighted by atomic mass is 10.2. The molecule has 0 atom stereocenters. The first-order valence-electron chi connectivity index (χ1n) is 5.02. The largest absolute Gasteiger partial charge is 0.379 e. The third-order valence-electron chi connectivity index (χ3n) is 1.99. The molecule has 5 heteroatoms. The summed E-state index contributed by atoms with van der Waals surface area (Å²) in [5, 5.41) is 0. The molecule has 3 nitrogen and oxygen atoms in total. The summed E-state index contributed by atoms with van der Waals surface area (Å²) in [5.74, 6) is 0.496. The van der Waals surface area contributed by atoms with Gasteiger partial charge in [0.25, 0.3) is 0 Å². The number of benzene rings is 1. The van der Waals surface area contributed by atoms with E-state index in [2.05, 4.69) is 0 Å². The number of halogens is 1. The average Bonchev–Trinajstić information content (AvgIpc) is 2.25. The summed E-state index contributed by atoms with van der Waals surface area (Å²) in [7, 11) is -3.08. The monoisotopic (exact) mass is 262 g/mol. The van der Waals surface area contributed by atoms with Crippen molar-refractivity contribution in [3.8, 4) is 0 Å². The second-order valence-corrected chi connectivity index (χ2v) is 5.94. The van der Waals surface area contributed by atoms with Crippen LogP contribution in [0.1, 0.15) is 5.56 Å². The van der Waals surface area contributed by atoms with Crippen LogP contribution in [0.25, 0.3) is 0 Å². The lowest BCUT2D eigenvalue weighted by molar-refractivity contribution is 0.165. The summed E-state index contributed by atoms with van der Waals surface area (Å²) in [5.41, 5.74) is 0.805. The van der Waals surface area contributed by atoms with Gasteiger partial charge in [-0.2, -0.15) is 0 Å². The van der Waals surface area contributed by atoms with E-state index in [9.17, 15) is 8.42 Å². The van der Waals surface area contributed by atoms with Crippen molar-refractivity contribution in [3.63, 3.8) is 0 Å². The minimum atomic E-state index is -3.08. The molecule has 0 aliphatic carbocycles. The van der Waals surface area contributed by atoms with Gasteiger partial charge in [0, 0.05) is 5.88 Å². The fourth-order valence-corrected chi connectivity index (χ4v) is 2.57. The maximum atomic E-state index is 11.7. The molecule has 0 fully saturated rings. The van der Waals surface area contributed by atoms with E-state index in [0.717, 1.165) is 5.56 Å². The van der Waals surface area contributed by atoms with Gasteiger partial charge in [-0.3, -0.25) is 0 Å². The molecule has 0 N–H and O–H groups in total. The van der Waals surface area contributed by atoms with Crippen LogP contribution < -0.4 is 0 Å². The Balaban J connectivity index is 2.40. The lowest BCUT2D eigenvalue weighted by Gasteiger charge is -2.04. The summed E-state index contributed by atoms with van der Waals surface area (Å²) >= 11 is 5.41. The molecule has 0 unspecified atom stereocenters. The molecule has 1 rings (SSSR count). The fraction of sp³-hybridized carbons (Fsp3) is 0.455. The Morgan fingerprint density at radius 3 is 2.44 bits per heavy atom. The van der Waals surface area contributed by atoms with Crippen molar-refractivity contribution in [2.24, 2.45) is 0 Å². The Morgan fingerprint density at radius 1 is 1.12 bits per heavy atom. The molecular formula is C11H15ClO3S. The number of sulfone groups is 1. The summed E-state index contributed by atoms with van der Waals surface area (Å²) in [6.45, 7) is 0.601. The van der Waals surface area contributed by atoms with Gasteiger partial charge in [-0.05, 0) is 5.56 Å². The van der Waals surface area contributed by atoms with Crippen LogP contribution in [0.2, 0.25) is 0 Å². The molecule has 0 saturated heterocycles. The highest BCUT2D eigenvalue weighted by Gasteiger charge is 2.11. The fourth-order valence-electron chi connectivity index (χ4n) is 1.24. The van der Waals surface area contributed by atoms with Crippen LogP contribution in [-0.2, 0) is 20.3 Å². The van der Waals surface area contributed by atoms with Crippen LogP contribution in [0.4, 0.5) is 0 Å². The second-order valence-electron chi connectivity index (χ2n) is 3.38. The number of rotatable bonds is 7. The Hall–Kier alpha value is -0.580. The summed E-state index contributed by atoms with van der Waals surface area (Å²) in [6, 6.07) is 9.12. The molecule has 0 aromatic heterocycles. The molecule has 0 aliphatic heterocycles. The van der Waals surface area contributed by atoms with E-state index in [1.807, 2.05) is 18.2 Å². The topological polar surface area (TPSA) is 43.4 Å². The molecule has 0 saturated carbocycles. The molecule has 90 valence electrons. The van der Waals surface area contributed by atoms with Gasteiger partial charge in [0.05, 0.1) is 24.7 Å². The Kier molecular flexibility index (Phi) is 5.80. The van der Waals surface area contributed by atoms with E-state index >= 15 is 0 Å². The van der Waals surface area contributed by atoms with Crippen LogP contribution in [-0.4, -0.2) is 33.3 Å². The first-order chi connectivity index (χ1) is 7.64. The van der Waals surface area contributed by atoms with E-state index in [-0.39, 0.29) is 18.1 Å². The zero-order valence-electron chi connectivity index (χ0n) is 8.93. The van der Waals surface area contributed by atoms with E-state index < -0.39 is 9.84 Å². The Labute approximate surface area is 101 Å². The van der Waals surface area contributed by atoms with Gasteiger partial charge in [0.2, 0.25) is 0 Å². The zero-order chi connectivity index (χ0) is 11.9. The predicted molar refractivity (Wildman–Crippen MR) is 65.5 cm³/mol. The van der Waals surface area contributed by atoms with Crippen LogP contribution in [0.15, 0.2) is 30.3 Å². The highest BCUT2D eigenvalue weighted by Crippen LogP contribution is 2.05.